The van der Waals surface area contributed by atoms with Crippen LogP contribution in [0.15, 0.2) is 42.6 Å². The summed E-state index contributed by atoms with van der Waals surface area (Å²) in [7, 11) is 1.69. The van der Waals surface area contributed by atoms with Gasteiger partial charge in [-0.3, -0.25) is 4.79 Å². The first-order chi connectivity index (χ1) is 13.8. The van der Waals surface area contributed by atoms with E-state index in [4.69, 9.17) is 9.47 Å². The fourth-order valence-electron chi connectivity index (χ4n) is 3.80. The Morgan fingerprint density at radius 2 is 1.71 bits per heavy atom. The Morgan fingerprint density at radius 1 is 0.964 bits per heavy atom. The largest absolute Gasteiger partial charge is 0.495 e. The van der Waals surface area contributed by atoms with Crippen molar-refractivity contribution in [3.63, 3.8) is 0 Å². The zero-order valence-corrected chi connectivity index (χ0v) is 16.2. The van der Waals surface area contributed by atoms with Gasteiger partial charge >= 0.3 is 0 Å². The minimum Gasteiger partial charge on any atom is -0.495 e. The molecule has 0 radical (unpaired) electrons. The number of benzene rings is 1. The molecule has 4 rings (SSSR count). The van der Waals surface area contributed by atoms with Gasteiger partial charge < -0.3 is 24.2 Å². The van der Waals surface area contributed by atoms with Gasteiger partial charge in [0.05, 0.1) is 31.6 Å². The van der Waals surface area contributed by atoms with E-state index < -0.39 is 0 Å². The predicted octanol–water partition coefficient (Wildman–Crippen LogP) is 1.89. The number of nitrogens with zero attached hydrogens (tertiary/aromatic N) is 4. The number of anilines is 2. The number of hydrogen-bond acceptors (Lipinski definition) is 6. The number of piperazine rings is 1. The normalized spacial score (nSPS) is 17.5. The summed E-state index contributed by atoms with van der Waals surface area (Å²) in [6.07, 6.45) is 1.75. The zero-order valence-electron chi connectivity index (χ0n) is 16.2. The molecule has 0 bridgehead atoms. The third kappa shape index (κ3) is 3.75. The number of hydrogen-bond donors (Lipinski definition) is 0. The van der Waals surface area contributed by atoms with E-state index in [2.05, 4.69) is 20.9 Å². The lowest BCUT2D eigenvalue weighted by molar-refractivity contribution is 0.0745. The van der Waals surface area contributed by atoms with Crippen LogP contribution in [0.25, 0.3) is 0 Å². The Morgan fingerprint density at radius 3 is 2.46 bits per heavy atom. The monoisotopic (exact) mass is 382 g/mol. The second-order valence-corrected chi connectivity index (χ2v) is 6.93. The van der Waals surface area contributed by atoms with Gasteiger partial charge in [-0.25, -0.2) is 4.98 Å². The Hall–Kier alpha value is -2.80. The van der Waals surface area contributed by atoms with Crippen LogP contribution in [0.1, 0.15) is 10.4 Å². The first kappa shape index (κ1) is 18.6. The Labute approximate surface area is 165 Å². The molecule has 0 saturated carbocycles. The van der Waals surface area contributed by atoms with Crippen LogP contribution in [-0.2, 0) is 4.74 Å². The second kappa shape index (κ2) is 8.48. The molecular formula is C21H26N4O3. The number of methoxy groups -OCH3 is 1. The van der Waals surface area contributed by atoms with Crippen molar-refractivity contribution >= 4 is 17.4 Å². The molecular weight excluding hydrogens is 356 g/mol. The Balaban J connectivity index is 1.46. The number of aromatic nitrogens is 1. The van der Waals surface area contributed by atoms with Crippen LogP contribution in [0.2, 0.25) is 0 Å². The van der Waals surface area contributed by atoms with Crippen molar-refractivity contribution in [1.82, 2.24) is 9.88 Å². The van der Waals surface area contributed by atoms with Crippen LogP contribution in [0.3, 0.4) is 0 Å². The van der Waals surface area contributed by atoms with Crippen molar-refractivity contribution in [3.05, 3.63) is 48.2 Å². The number of amides is 1. The molecule has 0 spiro atoms. The summed E-state index contributed by atoms with van der Waals surface area (Å²) in [5.41, 5.74) is 1.75. The number of morpholine rings is 1. The Bertz CT molecular complexity index is 815. The second-order valence-electron chi connectivity index (χ2n) is 6.93. The van der Waals surface area contributed by atoms with E-state index in [1.165, 1.54) is 0 Å². The maximum Gasteiger partial charge on any atom is 0.257 e. The molecule has 148 valence electrons. The summed E-state index contributed by atoms with van der Waals surface area (Å²) in [4.78, 5) is 24.1. The van der Waals surface area contributed by atoms with Gasteiger partial charge in [-0.1, -0.05) is 12.1 Å². The maximum atomic E-state index is 13.2. The van der Waals surface area contributed by atoms with Crippen LogP contribution in [0.4, 0.5) is 11.5 Å². The van der Waals surface area contributed by atoms with Crippen LogP contribution < -0.4 is 14.5 Å². The molecule has 2 aliphatic heterocycles. The number of ether oxygens (including phenoxy) is 2. The lowest BCUT2D eigenvalue weighted by atomic mass is 10.1. The van der Waals surface area contributed by atoms with E-state index in [1.54, 1.807) is 13.3 Å². The summed E-state index contributed by atoms with van der Waals surface area (Å²) in [6.45, 7) is 5.77. The van der Waals surface area contributed by atoms with Crippen molar-refractivity contribution in [3.8, 4) is 5.75 Å². The molecule has 1 amide bonds. The molecule has 2 aromatic rings. The first-order valence-electron chi connectivity index (χ1n) is 9.73. The highest BCUT2D eigenvalue weighted by atomic mass is 16.5. The van der Waals surface area contributed by atoms with Gasteiger partial charge in [0.25, 0.3) is 5.91 Å². The quantitative estimate of drug-likeness (QED) is 0.805. The lowest BCUT2D eigenvalue weighted by Crippen LogP contribution is -2.49. The molecule has 0 N–H and O–H groups in total. The SMILES string of the molecule is COc1ccccc1N1CCN(C(=O)c2cccnc2N2CCOCC2)CC1. The van der Waals surface area contributed by atoms with Crippen LogP contribution >= 0.6 is 0 Å². The molecule has 2 fully saturated rings. The predicted molar refractivity (Wildman–Crippen MR) is 108 cm³/mol. The van der Waals surface area contributed by atoms with E-state index in [0.29, 0.717) is 31.9 Å². The zero-order chi connectivity index (χ0) is 19.3. The van der Waals surface area contributed by atoms with Crippen molar-refractivity contribution < 1.29 is 14.3 Å². The van der Waals surface area contributed by atoms with Gasteiger partial charge in [0.1, 0.15) is 11.6 Å². The molecule has 1 aromatic heterocycles. The molecule has 1 aromatic carbocycles. The smallest absolute Gasteiger partial charge is 0.257 e. The average molecular weight is 382 g/mol. The summed E-state index contributed by atoms with van der Waals surface area (Å²) < 4.78 is 10.9. The molecule has 3 heterocycles. The Kier molecular flexibility index (Phi) is 5.62. The minimum absolute atomic E-state index is 0.0502. The molecule has 28 heavy (non-hydrogen) atoms. The molecule has 0 unspecified atom stereocenters. The van der Waals surface area contributed by atoms with Crippen molar-refractivity contribution in [1.29, 1.82) is 0 Å². The van der Waals surface area contributed by atoms with Crippen LogP contribution in [0, 0.1) is 0 Å². The van der Waals surface area contributed by atoms with Crippen molar-refractivity contribution in [2.45, 2.75) is 0 Å². The molecule has 7 nitrogen and oxygen atoms in total. The van der Waals surface area contributed by atoms with E-state index in [1.807, 2.05) is 35.2 Å². The molecule has 0 atom stereocenters. The van der Waals surface area contributed by atoms with E-state index in [0.717, 1.165) is 43.4 Å². The highest BCUT2D eigenvalue weighted by Crippen LogP contribution is 2.29. The van der Waals surface area contributed by atoms with E-state index in [-0.39, 0.29) is 5.91 Å². The number of rotatable bonds is 4. The number of para-hydroxylation sites is 2. The maximum absolute atomic E-state index is 13.2. The summed E-state index contributed by atoms with van der Waals surface area (Å²) in [5, 5.41) is 0. The number of pyridine rings is 1. The summed E-state index contributed by atoms with van der Waals surface area (Å²) in [5.74, 6) is 1.68. The molecule has 2 aliphatic rings. The van der Waals surface area contributed by atoms with E-state index >= 15 is 0 Å². The standard InChI is InChI=1S/C21H26N4O3/c1-27-19-7-3-2-6-18(19)23-9-11-25(12-10-23)21(26)17-5-4-8-22-20(17)24-13-15-28-16-14-24/h2-8H,9-16H2,1H3. The number of carbonyl (C=O) groups excluding carboxylic acids is 1. The lowest BCUT2D eigenvalue weighted by Gasteiger charge is -2.37. The highest BCUT2D eigenvalue weighted by Gasteiger charge is 2.27. The van der Waals surface area contributed by atoms with Gasteiger partial charge in [-0.15, -0.1) is 0 Å². The minimum atomic E-state index is 0.0502. The van der Waals surface area contributed by atoms with Gasteiger partial charge in [0.15, 0.2) is 0 Å². The van der Waals surface area contributed by atoms with Crippen molar-refractivity contribution in [2.75, 3.05) is 69.4 Å². The van der Waals surface area contributed by atoms with E-state index in [9.17, 15) is 4.79 Å². The summed E-state index contributed by atoms with van der Waals surface area (Å²) >= 11 is 0. The van der Waals surface area contributed by atoms with Gasteiger partial charge in [-0.05, 0) is 24.3 Å². The third-order valence-corrected chi connectivity index (χ3v) is 5.32. The van der Waals surface area contributed by atoms with Crippen molar-refractivity contribution in [2.24, 2.45) is 0 Å². The van der Waals surface area contributed by atoms with Gasteiger partial charge in [0, 0.05) is 45.5 Å². The van der Waals surface area contributed by atoms with Gasteiger partial charge in [-0.2, -0.15) is 0 Å². The van der Waals surface area contributed by atoms with Crippen LogP contribution in [-0.4, -0.2) is 75.4 Å². The third-order valence-electron chi connectivity index (χ3n) is 5.32. The summed E-state index contributed by atoms with van der Waals surface area (Å²) in [6, 6.07) is 11.7. The average Bonchev–Trinajstić information content (AvgIpc) is 2.79. The fourth-order valence-corrected chi connectivity index (χ4v) is 3.80. The molecule has 0 aliphatic carbocycles. The molecule has 2 saturated heterocycles. The topological polar surface area (TPSA) is 58.1 Å². The number of carbonyl (C=O) groups is 1. The highest BCUT2D eigenvalue weighted by molar-refractivity contribution is 5.99. The molecule has 7 heteroatoms. The first-order valence-corrected chi connectivity index (χ1v) is 9.73. The van der Waals surface area contributed by atoms with Gasteiger partial charge in [0.2, 0.25) is 0 Å². The fraction of sp³-hybridized carbons (Fsp3) is 0.429. The van der Waals surface area contributed by atoms with Crippen LogP contribution in [0.5, 0.6) is 5.75 Å².